The molecule has 3 amide bonds. The Morgan fingerprint density at radius 1 is 0.742 bits per heavy atom. The normalized spacial score (nSPS) is 15.9. The summed E-state index contributed by atoms with van der Waals surface area (Å²) in [6.45, 7) is 6.95. The summed E-state index contributed by atoms with van der Waals surface area (Å²) in [5, 5.41) is 0.394. The van der Waals surface area contributed by atoms with Crippen molar-refractivity contribution in [1.29, 1.82) is 0 Å². The van der Waals surface area contributed by atoms with Gasteiger partial charge < -0.3 is 19.3 Å². The van der Waals surface area contributed by atoms with E-state index in [1.165, 1.54) is 9.80 Å². The van der Waals surface area contributed by atoms with E-state index in [-0.39, 0.29) is 24.3 Å². The van der Waals surface area contributed by atoms with Gasteiger partial charge in [-0.15, -0.1) is 0 Å². The molecule has 1 saturated heterocycles. The number of benzene rings is 5. The zero-order valence-corrected chi connectivity index (χ0v) is 37.0. The second-order valence-corrected chi connectivity index (χ2v) is 17.1. The number of hydrogen-bond acceptors (Lipinski definition) is 6. The highest BCUT2D eigenvalue weighted by atomic mass is 35.5. The van der Waals surface area contributed by atoms with Crippen LogP contribution in [0.2, 0.25) is 5.02 Å². The van der Waals surface area contributed by atoms with Crippen LogP contribution in [0.5, 0.6) is 0 Å². The van der Waals surface area contributed by atoms with Gasteiger partial charge in [0, 0.05) is 54.8 Å². The SMILES string of the molecule is CC[C@H](C)[C@@H](C(=O)N(C)[C@@H](CC(=O)OC(c1ccccc1)(c1ccc(C)cc1)c1ccccc1Cl)C(=O)N1CCCCC1)N(C)C(=O)OCC1c2ccccc2-c2ccccc21. The topological polar surface area (TPSA) is 96.5 Å². The van der Waals surface area contributed by atoms with Gasteiger partial charge in [0.15, 0.2) is 5.60 Å². The van der Waals surface area contributed by atoms with E-state index in [9.17, 15) is 19.2 Å². The highest BCUT2D eigenvalue weighted by molar-refractivity contribution is 6.31. The number of rotatable bonds is 14. The Hall–Kier alpha value is -5.93. The van der Waals surface area contributed by atoms with Crippen molar-refractivity contribution in [2.75, 3.05) is 33.8 Å². The fourth-order valence-electron chi connectivity index (χ4n) is 9.13. The minimum Gasteiger partial charge on any atom is -0.448 e. The first-order chi connectivity index (χ1) is 30.0. The van der Waals surface area contributed by atoms with Crippen LogP contribution in [0.15, 0.2) is 127 Å². The Labute approximate surface area is 370 Å². The van der Waals surface area contributed by atoms with Crippen molar-refractivity contribution in [3.05, 3.63) is 166 Å². The zero-order valence-electron chi connectivity index (χ0n) is 36.3. The van der Waals surface area contributed by atoms with Crippen molar-refractivity contribution >= 4 is 35.5 Å². The molecule has 62 heavy (non-hydrogen) atoms. The molecule has 4 atom stereocenters. The number of fused-ring (bicyclic) bond motifs is 3. The maximum absolute atomic E-state index is 14.9. The molecule has 0 aromatic heterocycles. The van der Waals surface area contributed by atoms with Gasteiger partial charge in [-0.05, 0) is 60.4 Å². The number of aryl methyl sites for hydroxylation is 1. The smallest absolute Gasteiger partial charge is 0.410 e. The van der Waals surface area contributed by atoms with Crippen LogP contribution in [0.3, 0.4) is 0 Å². The van der Waals surface area contributed by atoms with Gasteiger partial charge in [-0.1, -0.05) is 159 Å². The second kappa shape index (κ2) is 19.4. The molecule has 0 bridgehead atoms. The van der Waals surface area contributed by atoms with Crippen LogP contribution in [0.25, 0.3) is 11.1 Å². The summed E-state index contributed by atoms with van der Waals surface area (Å²) in [7, 11) is 3.11. The molecule has 1 aliphatic carbocycles. The number of nitrogens with zero attached hydrogens (tertiary/aromatic N) is 3. The third-order valence-electron chi connectivity index (χ3n) is 12.8. The molecule has 1 fully saturated rings. The van der Waals surface area contributed by atoms with E-state index in [1.54, 1.807) is 25.1 Å². The van der Waals surface area contributed by atoms with Crippen LogP contribution in [-0.4, -0.2) is 84.5 Å². The lowest BCUT2D eigenvalue weighted by atomic mass is 9.79. The summed E-state index contributed by atoms with van der Waals surface area (Å²) < 4.78 is 12.8. The number of ether oxygens (including phenoxy) is 2. The molecule has 7 rings (SSSR count). The quantitative estimate of drug-likeness (QED) is 0.0816. The van der Waals surface area contributed by atoms with E-state index in [2.05, 4.69) is 24.3 Å². The Morgan fingerprint density at radius 3 is 1.92 bits per heavy atom. The molecule has 10 heteroatoms. The van der Waals surface area contributed by atoms with Crippen molar-refractivity contribution in [2.24, 2.45) is 5.92 Å². The number of halogens is 1. The van der Waals surface area contributed by atoms with E-state index >= 15 is 0 Å². The third kappa shape index (κ3) is 8.86. The number of esters is 1. The molecule has 1 aliphatic heterocycles. The van der Waals surface area contributed by atoms with Crippen LogP contribution in [0.1, 0.15) is 85.3 Å². The van der Waals surface area contributed by atoms with Gasteiger partial charge in [-0.25, -0.2) is 4.79 Å². The average Bonchev–Trinajstić information content (AvgIpc) is 3.63. The lowest BCUT2D eigenvalue weighted by Gasteiger charge is -2.39. The predicted octanol–water partition coefficient (Wildman–Crippen LogP) is 10.0. The summed E-state index contributed by atoms with van der Waals surface area (Å²) >= 11 is 6.96. The summed E-state index contributed by atoms with van der Waals surface area (Å²) in [5.41, 5.74) is 5.78. The Bertz CT molecular complexity index is 2340. The largest absolute Gasteiger partial charge is 0.448 e. The van der Waals surface area contributed by atoms with E-state index in [0.29, 0.717) is 41.2 Å². The number of carbonyl (C=O) groups excluding carboxylic acids is 4. The van der Waals surface area contributed by atoms with E-state index in [1.807, 2.05) is 118 Å². The van der Waals surface area contributed by atoms with Gasteiger partial charge in [0.25, 0.3) is 0 Å². The van der Waals surface area contributed by atoms with E-state index in [0.717, 1.165) is 47.1 Å². The number of piperidine rings is 1. The molecule has 1 heterocycles. The van der Waals surface area contributed by atoms with E-state index < -0.39 is 42.1 Å². The molecule has 0 radical (unpaired) electrons. The lowest BCUT2D eigenvalue weighted by molar-refractivity contribution is -0.160. The maximum Gasteiger partial charge on any atom is 0.410 e. The van der Waals surface area contributed by atoms with Gasteiger partial charge in [-0.2, -0.15) is 0 Å². The fraction of sp³-hybridized carbons (Fsp3) is 0.346. The average molecular weight is 854 g/mol. The van der Waals surface area contributed by atoms with Crippen LogP contribution in [0, 0.1) is 12.8 Å². The summed E-state index contributed by atoms with van der Waals surface area (Å²) in [6.07, 6.45) is 2.09. The van der Waals surface area contributed by atoms with Crippen molar-refractivity contribution < 1.29 is 28.7 Å². The first-order valence-electron chi connectivity index (χ1n) is 21.7. The molecule has 0 spiro atoms. The fourth-order valence-corrected chi connectivity index (χ4v) is 9.40. The summed E-state index contributed by atoms with van der Waals surface area (Å²) in [6, 6.07) is 38.4. The number of likely N-dealkylation sites (tertiary alicyclic amines) is 1. The number of amides is 3. The minimum absolute atomic E-state index is 0.0892. The predicted molar refractivity (Wildman–Crippen MR) is 243 cm³/mol. The van der Waals surface area contributed by atoms with Crippen LogP contribution < -0.4 is 0 Å². The number of hydrogen-bond donors (Lipinski definition) is 0. The van der Waals surface area contributed by atoms with Gasteiger partial charge in [-0.3, -0.25) is 19.3 Å². The van der Waals surface area contributed by atoms with Crippen molar-refractivity contribution in [2.45, 2.75) is 76.5 Å². The minimum atomic E-state index is -1.50. The molecule has 0 N–H and O–H groups in total. The van der Waals surface area contributed by atoms with Gasteiger partial charge >= 0.3 is 12.1 Å². The Morgan fingerprint density at radius 2 is 1.31 bits per heavy atom. The maximum atomic E-state index is 14.9. The Kier molecular flexibility index (Phi) is 13.8. The molecule has 9 nitrogen and oxygen atoms in total. The van der Waals surface area contributed by atoms with Crippen LogP contribution >= 0.6 is 11.6 Å². The lowest BCUT2D eigenvalue weighted by Crippen LogP contribution is -2.58. The first kappa shape index (κ1) is 44.1. The highest BCUT2D eigenvalue weighted by Crippen LogP contribution is 2.46. The molecule has 1 unspecified atom stereocenters. The zero-order chi connectivity index (χ0) is 44.0. The monoisotopic (exact) mass is 853 g/mol. The number of likely N-dealkylation sites (N-methyl/N-ethyl adjacent to an activating group) is 2. The van der Waals surface area contributed by atoms with Gasteiger partial charge in [0.2, 0.25) is 11.8 Å². The van der Waals surface area contributed by atoms with Crippen molar-refractivity contribution in [3.63, 3.8) is 0 Å². The molecular formula is C52H56ClN3O6. The van der Waals surface area contributed by atoms with Crippen molar-refractivity contribution in [1.82, 2.24) is 14.7 Å². The molecular weight excluding hydrogens is 798 g/mol. The van der Waals surface area contributed by atoms with Crippen molar-refractivity contribution in [3.8, 4) is 11.1 Å². The third-order valence-corrected chi connectivity index (χ3v) is 13.1. The summed E-state index contributed by atoms with van der Waals surface area (Å²) in [4.78, 5) is 62.9. The van der Waals surface area contributed by atoms with Crippen LogP contribution in [0.4, 0.5) is 4.79 Å². The summed E-state index contributed by atoms with van der Waals surface area (Å²) in [5.74, 6) is -2.00. The van der Waals surface area contributed by atoms with Gasteiger partial charge in [0.1, 0.15) is 18.7 Å². The van der Waals surface area contributed by atoms with Gasteiger partial charge in [0.05, 0.1) is 6.42 Å². The number of carbonyl (C=O) groups is 4. The van der Waals surface area contributed by atoms with Crippen LogP contribution in [-0.2, 0) is 29.5 Å². The molecule has 2 aliphatic rings. The van der Waals surface area contributed by atoms with E-state index in [4.69, 9.17) is 21.1 Å². The molecule has 0 saturated carbocycles. The molecule has 5 aromatic carbocycles. The standard InChI is InChI=1S/C52H56ClN3O6/c1-6-36(3)48(55(5)51(60)61-34-43-41-23-13-11-21-39(41)40-22-12-14-24-42(40)43)50(59)54(4)46(49(58)56-31-17-8-18-32-56)33-47(57)62-52(37-19-9-7-10-20-37,38-29-27-35(2)28-30-38)44-25-15-16-26-45(44)53/h7,9-16,19-30,36,43,46,48H,6,8,17-18,31-34H2,1-5H3/t36-,46-,48-,52?/m0/s1. The second-order valence-electron chi connectivity index (χ2n) is 16.7. The highest BCUT2D eigenvalue weighted by Gasteiger charge is 2.45. The molecule has 322 valence electrons. The molecule has 5 aromatic rings. The first-order valence-corrected chi connectivity index (χ1v) is 22.1. The Balaban J connectivity index is 1.19.